The van der Waals surface area contributed by atoms with Crippen molar-refractivity contribution in [3.05, 3.63) is 59.7 Å². The predicted octanol–water partition coefficient (Wildman–Crippen LogP) is 3.48. The number of nitrogens with two attached hydrogens (primary N) is 1. The van der Waals surface area contributed by atoms with Crippen LogP contribution in [0.2, 0.25) is 0 Å². The van der Waals surface area contributed by atoms with Gasteiger partial charge in [0.25, 0.3) is 0 Å². The van der Waals surface area contributed by atoms with E-state index in [4.69, 9.17) is 15.2 Å². The first-order valence-electron chi connectivity index (χ1n) is 7.52. The molecule has 3 heteroatoms. The van der Waals surface area contributed by atoms with Gasteiger partial charge in [0.2, 0.25) is 0 Å². The van der Waals surface area contributed by atoms with Crippen LogP contribution in [0.15, 0.2) is 48.5 Å². The zero-order chi connectivity index (χ0) is 14.5. The predicted molar refractivity (Wildman–Crippen MR) is 83.7 cm³/mol. The molecular weight excluding hydrogens is 262 g/mol. The van der Waals surface area contributed by atoms with Gasteiger partial charge in [-0.2, -0.15) is 0 Å². The first-order chi connectivity index (χ1) is 10.3. The number of hydrogen-bond donors (Lipinski definition) is 1. The van der Waals surface area contributed by atoms with Crippen molar-refractivity contribution in [3.8, 4) is 11.5 Å². The van der Waals surface area contributed by atoms with Crippen LogP contribution in [-0.2, 0) is 6.42 Å². The Morgan fingerprint density at radius 2 is 1.71 bits per heavy atom. The summed E-state index contributed by atoms with van der Waals surface area (Å²) in [7, 11) is 0. The highest BCUT2D eigenvalue weighted by atomic mass is 16.5. The lowest BCUT2D eigenvalue weighted by Gasteiger charge is -2.10. The molecule has 0 amide bonds. The molecule has 1 aliphatic carbocycles. The Hall–Kier alpha value is -2.00. The number of rotatable bonds is 6. The van der Waals surface area contributed by atoms with Gasteiger partial charge < -0.3 is 15.2 Å². The fraction of sp³-hybridized carbons (Fsp3) is 0.333. The SMILES string of the molecule is N[C@H]1CCc2cc(OCCCOc3ccccc3)ccc21. The Bertz CT molecular complexity index is 583. The van der Waals surface area contributed by atoms with Gasteiger partial charge in [0, 0.05) is 12.5 Å². The molecule has 2 N–H and O–H groups in total. The van der Waals surface area contributed by atoms with Crippen LogP contribution >= 0.6 is 0 Å². The maximum Gasteiger partial charge on any atom is 0.119 e. The summed E-state index contributed by atoms with van der Waals surface area (Å²) in [6.07, 6.45) is 2.97. The molecule has 0 radical (unpaired) electrons. The van der Waals surface area contributed by atoms with Crippen LogP contribution in [0.4, 0.5) is 0 Å². The highest BCUT2D eigenvalue weighted by molar-refractivity contribution is 5.40. The highest BCUT2D eigenvalue weighted by Crippen LogP contribution is 2.31. The lowest BCUT2D eigenvalue weighted by atomic mass is 10.1. The number of ether oxygens (including phenoxy) is 2. The number of para-hydroxylation sites is 1. The molecule has 0 aromatic heterocycles. The lowest BCUT2D eigenvalue weighted by Crippen LogP contribution is -2.06. The highest BCUT2D eigenvalue weighted by Gasteiger charge is 2.18. The molecule has 0 fully saturated rings. The molecular formula is C18H21NO2. The van der Waals surface area contributed by atoms with Gasteiger partial charge in [-0.25, -0.2) is 0 Å². The van der Waals surface area contributed by atoms with E-state index in [-0.39, 0.29) is 6.04 Å². The second kappa shape index (κ2) is 6.64. The van der Waals surface area contributed by atoms with E-state index in [2.05, 4.69) is 12.1 Å². The van der Waals surface area contributed by atoms with Crippen LogP contribution in [0, 0.1) is 0 Å². The van der Waals surface area contributed by atoms with Crippen LogP contribution in [0.5, 0.6) is 11.5 Å². The molecule has 2 aromatic carbocycles. The summed E-state index contributed by atoms with van der Waals surface area (Å²) in [5.41, 5.74) is 8.64. The fourth-order valence-corrected chi connectivity index (χ4v) is 2.67. The molecule has 0 heterocycles. The van der Waals surface area contributed by atoms with Crippen molar-refractivity contribution >= 4 is 0 Å². The Morgan fingerprint density at radius 1 is 0.952 bits per heavy atom. The number of aryl methyl sites for hydroxylation is 1. The van der Waals surface area contributed by atoms with E-state index in [0.29, 0.717) is 13.2 Å². The van der Waals surface area contributed by atoms with Crippen LogP contribution in [-0.4, -0.2) is 13.2 Å². The minimum Gasteiger partial charge on any atom is -0.493 e. The van der Waals surface area contributed by atoms with Gasteiger partial charge in [-0.3, -0.25) is 0 Å². The summed E-state index contributed by atoms with van der Waals surface area (Å²) in [6.45, 7) is 1.33. The van der Waals surface area contributed by atoms with Gasteiger partial charge in [0.15, 0.2) is 0 Å². The minimum atomic E-state index is 0.202. The van der Waals surface area contributed by atoms with E-state index in [9.17, 15) is 0 Å². The summed E-state index contributed by atoms with van der Waals surface area (Å²) in [5, 5.41) is 0. The second-order valence-electron chi connectivity index (χ2n) is 5.37. The number of benzene rings is 2. The summed E-state index contributed by atoms with van der Waals surface area (Å²) in [4.78, 5) is 0. The van der Waals surface area contributed by atoms with Crippen molar-refractivity contribution in [2.24, 2.45) is 5.73 Å². The van der Waals surface area contributed by atoms with Gasteiger partial charge in [-0.05, 0) is 48.2 Å². The number of fused-ring (bicyclic) bond motifs is 1. The topological polar surface area (TPSA) is 44.5 Å². The van der Waals surface area contributed by atoms with Crippen LogP contribution in [0.25, 0.3) is 0 Å². The van der Waals surface area contributed by atoms with Crippen molar-refractivity contribution in [1.29, 1.82) is 0 Å². The normalized spacial score (nSPS) is 16.5. The Morgan fingerprint density at radius 3 is 2.52 bits per heavy atom. The van der Waals surface area contributed by atoms with Crippen molar-refractivity contribution in [2.45, 2.75) is 25.3 Å². The first kappa shape index (κ1) is 14.0. The van der Waals surface area contributed by atoms with Crippen molar-refractivity contribution in [1.82, 2.24) is 0 Å². The van der Waals surface area contributed by atoms with E-state index in [1.54, 1.807) is 0 Å². The van der Waals surface area contributed by atoms with Crippen molar-refractivity contribution in [2.75, 3.05) is 13.2 Å². The largest absolute Gasteiger partial charge is 0.493 e. The third-order valence-electron chi connectivity index (χ3n) is 3.81. The summed E-state index contributed by atoms with van der Waals surface area (Å²) in [6, 6.07) is 16.3. The van der Waals surface area contributed by atoms with Crippen molar-refractivity contribution in [3.63, 3.8) is 0 Å². The molecule has 0 unspecified atom stereocenters. The van der Waals surface area contributed by atoms with Gasteiger partial charge in [0.1, 0.15) is 11.5 Å². The quantitative estimate of drug-likeness (QED) is 0.825. The molecule has 2 aromatic rings. The standard InChI is InChI=1S/C18H21NO2/c19-18-10-7-14-13-16(8-9-17(14)18)21-12-4-11-20-15-5-2-1-3-6-15/h1-3,5-6,8-9,13,18H,4,7,10-12,19H2/t18-/m0/s1. The Balaban J connectivity index is 1.42. The molecule has 1 aliphatic rings. The van der Waals surface area contributed by atoms with Crippen LogP contribution in [0.3, 0.4) is 0 Å². The van der Waals surface area contributed by atoms with Gasteiger partial charge >= 0.3 is 0 Å². The average Bonchev–Trinajstić information content (AvgIpc) is 2.89. The molecule has 0 spiro atoms. The summed E-state index contributed by atoms with van der Waals surface area (Å²) >= 11 is 0. The second-order valence-corrected chi connectivity index (χ2v) is 5.37. The van der Waals surface area contributed by atoms with Gasteiger partial charge in [-0.15, -0.1) is 0 Å². The molecule has 21 heavy (non-hydrogen) atoms. The fourth-order valence-electron chi connectivity index (χ4n) is 2.67. The monoisotopic (exact) mass is 283 g/mol. The maximum atomic E-state index is 6.03. The first-order valence-corrected chi connectivity index (χ1v) is 7.52. The lowest BCUT2D eigenvalue weighted by molar-refractivity contribution is 0.247. The Kier molecular flexibility index (Phi) is 4.41. The smallest absolute Gasteiger partial charge is 0.119 e. The van der Waals surface area contributed by atoms with Crippen LogP contribution < -0.4 is 15.2 Å². The van der Waals surface area contributed by atoms with Crippen molar-refractivity contribution < 1.29 is 9.47 Å². The van der Waals surface area contributed by atoms with Gasteiger partial charge in [-0.1, -0.05) is 24.3 Å². The molecule has 3 rings (SSSR count). The third kappa shape index (κ3) is 3.56. The van der Waals surface area contributed by atoms with E-state index in [1.807, 2.05) is 36.4 Å². The molecule has 0 saturated heterocycles. The van der Waals surface area contributed by atoms with E-state index in [1.165, 1.54) is 11.1 Å². The third-order valence-corrected chi connectivity index (χ3v) is 3.81. The molecule has 0 saturated carbocycles. The molecule has 0 bridgehead atoms. The molecule has 110 valence electrons. The maximum absolute atomic E-state index is 6.03. The zero-order valence-corrected chi connectivity index (χ0v) is 12.1. The van der Waals surface area contributed by atoms with Crippen LogP contribution in [0.1, 0.15) is 30.0 Å². The minimum absolute atomic E-state index is 0.202. The zero-order valence-electron chi connectivity index (χ0n) is 12.1. The molecule has 3 nitrogen and oxygen atoms in total. The number of hydrogen-bond acceptors (Lipinski definition) is 3. The summed E-state index contributed by atoms with van der Waals surface area (Å²) < 4.78 is 11.4. The molecule has 0 aliphatic heterocycles. The van der Waals surface area contributed by atoms with E-state index in [0.717, 1.165) is 30.8 Å². The van der Waals surface area contributed by atoms with E-state index < -0.39 is 0 Å². The molecule has 1 atom stereocenters. The van der Waals surface area contributed by atoms with E-state index >= 15 is 0 Å². The summed E-state index contributed by atoms with van der Waals surface area (Å²) in [5.74, 6) is 1.84. The Labute approximate surface area is 125 Å². The van der Waals surface area contributed by atoms with Gasteiger partial charge in [0.05, 0.1) is 13.2 Å². The average molecular weight is 283 g/mol.